The van der Waals surface area contributed by atoms with Gasteiger partial charge >= 0.3 is 0 Å². The van der Waals surface area contributed by atoms with Crippen LogP contribution in [-0.4, -0.2) is 51.2 Å². The Balaban J connectivity index is 1.66. The maximum Gasteiger partial charge on any atom is 0.274 e. The highest BCUT2D eigenvalue weighted by Crippen LogP contribution is 2.40. The number of carbonyl (C=O) groups excluding carboxylic acids is 1. The van der Waals surface area contributed by atoms with Crippen LogP contribution in [0, 0.1) is 17.1 Å². The van der Waals surface area contributed by atoms with Crippen LogP contribution in [0.1, 0.15) is 65.3 Å². The second kappa shape index (κ2) is 10.2. The number of piperidine rings is 1. The van der Waals surface area contributed by atoms with Gasteiger partial charge in [0, 0.05) is 37.0 Å². The SMILES string of the molecule is N#Cc1ccc(-c2nc(C(=O)N3CCC[C@@H](N)C3)c(CCCO)n2-c2ccc(C3CC3)cc2)cc1F. The number of hydrogen-bond donors (Lipinski definition) is 2. The Labute approximate surface area is 210 Å². The van der Waals surface area contributed by atoms with Crippen molar-refractivity contribution in [2.75, 3.05) is 19.7 Å². The zero-order chi connectivity index (χ0) is 25.2. The molecule has 2 aliphatic rings. The lowest BCUT2D eigenvalue weighted by Gasteiger charge is -2.30. The number of aliphatic hydroxyl groups is 1. The van der Waals surface area contributed by atoms with E-state index in [9.17, 15) is 19.6 Å². The molecular formula is C28H30FN5O2. The number of aromatic nitrogens is 2. The van der Waals surface area contributed by atoms with E-state index in [1.807, 2.05) is 22.8 Å². The lowest BCUT2D eigenvalue weighted by Crippen LogP contribution is -2.46. The van der Waals surface area contributed by atoms with E-state index in [1.165, 1.54) is 30.5 Å². The number of nitrogens with zero attached hydrogens (tertiary/aromatic N) is 4. The Kier molecular flexibility index (Phi) is 6.86. The highest BCUT2D eigenvalue weighted by molar-refractivity contribution is 5.95. The number of hydrogen-bond acceptors (Lipinski definition) is 5. The average molecular weight is 488 g/mol. The molecule has 0 unspecified atom stereocenters. The van der Waals surface area contributed by atoms with Crippen molar-refractivity contribution in [1.82, 2.24) is 14.5 Å². The van der Waals surface area contributed by atoms with Crippen molar-refractivity contribution in [1.29, 1.82) is 5.26 Å². The minimum atomic E-state index is -0.638. The Hall–Kier alpha value is -3.54. The largest absolute Gasteiger partial charge is 0.396 e. The molecule has 2 heterocycles. The third-order valence-corrected chi connectivity index (χ3v) is 7.04. The Bertz CT molecular complexity index is 1310. The minimum absolute atomic E-state index is 0.0329. The first-order valence-electron chi connectivity index (χ1n) is 12.6. The van der Waals surface area contributed by atoms with Gasteiger partial charge in [0.15, 0.2) is 5.69 Å². The number of halogens is 1. The van der Waals surface area contributed by atoms with Crippen LogP contribution in [0.4, 0.5) is 4.39 Å². The molecule has 0 spiro atoms. The second-order valence-corrected chi connectivity index (χ2v) is 9.72. The van der Waals surface area contributed by atoms with E-state index < -0.39 is 5.82 Å². The standard InChI is InChI=1S/C28H30FN5O2/c29-24-15-20(7-8-21(24)16-30)27-32-26(28(36)33-13-1-3-22(31)17-33)25(4-2-14-35)34(27)23-11-9-19(10-12-23)18-5-6-18/h7-12,15,18,22,35H,1-6,13-14,17,31H2/t22-/m1/s1. The van der Waals surface area contributed by atoms with E-state index in [1.54, 1.807) is 11.0 Å². The molecule has 3 aromatic rings. The molecule has 1 atom stereocenters. The van der Waals surface area contributed by atoms with Gasteiger partial charge in [0.25, 0.3) is 5.91 Å². The Morgan fingerprint density at radius 3 is 2.61 bits per heavy atom. The zero-order valence-corrected chi connectivity index (χ0v) is 20.2. The highest BCUT2D eigenvalue weighted by atomic mass is 19.1. The number of nitrogens with two attached hydrogens (primary N) is 1. The number of carbonyl (C=O) groups is 1. The predicted molar refractivity (Wildman–Crippen MR) is 134 cm³/mol. The van der Waals surface area contributed by atoms with Gasteiger partial charge in [-0.1, -0.05) is 12.1 Å². The van der Waals surface area contributed by atoms with E-state index >= 15 is 0 Å². The maximum absolute atomic E-state index is 14.6. The van der Waals surface area contributed by atoms with Gasteiger partial charge in [-0.05, 0) is 80.3 Å². The Morgan fingerprint density at radius 1 is 1.19 bits per heavy atom. The van der Waals surface area contributed by atoms with Crippen molar-refractivity contribution in [2.24, 2.45) is 5.73 Å². The van der Waals surface area contributed by atoms with Crippen LogP contribution in [-0.2, 0) is 6.42 Å². The van der Waals surface area contributed by atoms with Crippen LogP contribution in [0.3, 0.4) is 0 Å². The van der Waals surface area contributed by atoms with E-state index in [2.05, 4.69) is 12.1 Å². The molecule has 3 N–H and O–H groups in total. The molecule has 8 heteroatoms. The van der Waals surface area contributed by atoms with Crippen molar-refractivity contribution in [3.63, 3.8) is 0 Å². The number of likely N-dealkylation sites (tertiary alicyclic amines) is 1. The minimum Gasteiger partial charge on any atom is -0.396 e. The summed E-state index contributed by atoms with van der Waals surface area (Å²) in [6.45, 7) is 1.03. The molecular weight excluding hydrogens is 457 g/mol. The molecule has 2 aromatic carbocycles. The van der Waals surface area contributed by atoms with Gasteiger partial charge in [-0.15, -0.1) is 0 Å². The summed E-state index contributed by atoms with van der Waals surface area (Å²) in [6, 6.07) is 14.3. The van der Waals surface area contributed by atoms with E-state index in [-0.39, 0.29) is 24.1 Å². The molecule has 1 aromatic heterocycles. The lowest BCUT2D eigenvalue weighted by atomic mass is 10.1. The van der Waals surface area contributed by atoms with Gasteiger partial charge < -0.3 is 15.7 Å². The van der Waals surface area contributed by atoms with Crippen LogP contribution in [0.15, 0.2) is 42.5 Å². The van der Waals surface area contributed by atoms with Crippen molar-refractivity contribution < 1.29 is 14.3 Å². The molecule has 1 aliphatic heterocycles. The van der Waals surface area contributed by atoms with Crippen LogP contribution in [0.2, 0.25) is 0 Å². The summed E-state index contributed by atoms with van der Waals surface area (Å²) in [7, 11) is 0. The fourth-order valence-electron chi connectivity index (χ4n) is 4.98. The van der Waals surface area contributed by atoms with Gasteiger partial charge in [0.05, 0.1) is 11.3 Å². The fraction of sp³-hybridized carbons (Fsp3) is 0.393. The van der Waals surface area contributed by atoms with E-state index in [0.717, 1.165) is 18.5 Å². The molecule has 1 saturated heterocycles. The van der Waals surface area contributed by atoms with Crippen molar-refractivity contribution in [2.45, 2.75) is 50.5 Å². The first kappa shape index (κ1) is 24.2. The van der Waals surface area contributed by atoms with Gasteiger partial charge in [-0.25, -0.2) is 9.37 Å². The molecule has 0 radical (unpaired) electrons. The number of aliphatic hydroxyl groups excluding tert-OH is 1. The van der Waals surface area contributed by atoms with Crippen molar-refractivity contribution >= 4 is 5.91 Å². The maximum atomic E-state index is 14.6. The lowest BCUT2D eigenvalue weighted by molar-refractivity contribution is 0.0702. The topological polar surface area (TPSA) is 108 Å². The number of rotatable bonds is 7. The first-order valence-corrected chi connectivity index (χ1v) is 12.6. The summed E-state index contributed by atoms with van der Waals surface area (Å²) >= 11 is 0. The van der Waals surface area contributed by atoms with Crippen molar-refractivity contribution in [3.8, 4) is 23.1 Å². The quantitative estimate of drug-likeness (QED) is 0.525. The Morgan fingerprint density at radius 2 is 1.97 bits per heavy atom. The third kappa shape index (κ3) is 4.77. The van der Waals surface area contributed by atoms with Gasteiger partial charge in [-0.2, -0.15) is 5.26 Å². The second-order valence-electron chi connectivity index (χ2n) is 9.72. The van der Waals surface area contributed by atoms with Crippen LogP contribution >= 0.6 is 0 Å². The predicted octanol–water partition coefficient (Wildman–Crippen LogP) is 3.92. The van der Waals surface area contributed by atoms with Crippen LogP contribution < -0.4 is 5.73 Å². The number of nitriles is 1. The van der Waals surface area contributed by atoms with Crippen LogP contribution in [0.25, 0.3) is 17.1 Å². The molecule has 2 fully saturated rings. The molecule has 36 heavy (non-hydrogen) atoms. The van der Waals surface area contributed by atoms with E-state index in [0.29, 0.717) is 54.6 Å². The summed E-state index contributed by atoms with van der Waals surface area (Å²) < 4.78 is 16.5. The van der Waals surface area contributed by atoms with E-state index in [4.69, 9.17) is 10.7 Å². The summed E-state index contributed by atoms with van der Waals surface area (Å²) in [5.41, 5.74) is 9.62. The third-order valence-electron chi connectivity index (χ3n) is 7.04. The summed E-state index contributed by atoms with van der Waals surface area (Å²) in [4.78, 5) is 20.2. The number of benzene rings is 2. The van der Waals surface area contributed by atoms with Crippen molar-refractivity contribution in [3.05, 3.63) is 70.8 Å². The summed E-state index contributed by atoms with van der Waals surface area (Å²) in [6.07, 6.45) is 4.96. The molecule has 5 rings (SSSR count). The number of imidazole rings is 1. The molecule has 1 amide bonds. The smallest absolute Gasteiger partial charge is 0.274 e. The van der Waals surface area contributed by atoms with Crippen LogP contribution in [0.5, 0.6) is 0 Å². The molecule has 7 nitrogen and oxygen atoms in total. The fourth-order valence-corrected chi connectivity index (χ4v) is 4.98. The number of amides is 1. The van der Waals surface area contributed by atoms with Gasteiger partial charge in [-0.3, -0.25) is 9.36 Å². The monoisotopic (exact) mass is 487 g/mol. The highest BCUT2D eigenvalue weighted by Gasteiger charge is 2.30. The van der Waals surface area contributed by atoms with Gasteiger partial charge in [0.2, 0.25) is 0 Å². The molecule has 186 valence electrons. The zero-order valence-electron chi connectivity index (χ0n) is 20.2. The summed E-state index contributed by atoms with van der Waals surface area (Å²) in [5, 5.41) is 18.8. The molecule has 1 aliphatic carbocycles. The molecule has 1 saturated carbocycles. The summed E-state index contributed by atoms with van der Waals surface area (Å²) in [5.74, 6) is 0.181. The van der Waals surface area contributed by atoms with Gasteiger partial charge in [0.1, 0.15) is 17.7 Å². The normalized spacial score (nSPS) is 17.7. The first-order chi connectivity index (χ1) is 17.5. The average Bonchev–Trinajstić information content (AvgIpc) is 3.67. The molecule has 0 bridgehead atoms.